The predicted molar refractivity (Wildman–Crippen MR) is 172 cm³/mol. The standard InChI is InChI=1S/C39H29N/c1-27-19-20-30(25-37(27)36-17-9-10-18-39(36)40-32-12-3-2-4-13-32)28-21-23-29(24-22-28)38-26-31-11-5-6-14-33(31)34-15-7-8-16-35(34)38/h2-26,40H,1H3. The molecule has 40 heavy (non-hydrogen) atoms. The van der Waals surface area contributed by atoms with Gasteiger partial charge in [-0.25, -0.2) is 0 Å². The number of rotatable bonds is 5. The van der Waals surface area contributed by atoms with Gasteiger partial charge in [0, 0.05) is 16.9 Å². The molecule has 7 aromatic carbocycles. The van der Waals surface area contributed by atoms with E-state index in [1.807, 2.05) is 6.07 Å². The lowest BCUT2D eigenvalue weighted by atomic mass is 9.91. The van der Waals surface area contributed by atoms with Crippen molar-refractivity contribution in [3.05, 3.63) is 157 Å². The summed E-state index contributed by atoms with van der Waals surface area (Å²) in [6.07, 6.45) is 0. The van der Waals surface area contributed by atoms with Gasteiger partial charge in [-0.05, 0) is 92.2 Å². The lowest BCUT2D eigenvalue weighted by Crippen LogP contribution is -1.94. The second-order valence-electron chi connectivity index (χ2n) is 10.3. The van der Waals surface area contributed by atoms with E-state index in [4.69, 9.17) is 0 Å². The second-order valence-corrected chi connectivity index (χ2v) is 10.3. The number of hydrogen-bond acceptors (Lipinski definition) is 1. The highest BCUT2D eigenvalue weighted by Gasteiger charge is 2.12. The van der Waals surface area contributed by atoms with Gasteiger partial charge in [-0.3, -0.25) is 0 Å². The van der Waals surface area contributed by atoms with Crippen LogP contribution < -0.4 is 5.32 Å². The molecule has 1 heteroatoms. The first-order chi connectivity index (χ1) is 19.7. The van der Waals surface area contributed by atoms with E-state index in [2.05, 4.69) is 158 Å². The van der Waals surface area contributed by atoms with Crippen molar-refractivity contribution in [3.63, 3.8) is 0 Å². The van der Waals surface area contributed by atoms with Crippen molar-refractivity contribution < 1.29 is 0 Å². The first-order valence-corrected chi connectivity index (χ1v) is 13.8. The zero-order valence-corrected chi connectivity index (χ0v) is 22.4. The molecule has 0 aliphatic heterocycles. The average molecular weight is 512 g/mol. The van der Waals surface area contributed by atoms with Crippen molar-refractivity contribution in [2.24, 2.45) is 0 Å². The summed E-state index contributed by atoms with van der Waals surface area (Å²) in [5.41, 5.74) is 10.8. The van der Waals surface area contributed by atoms with Crippen LogP contribution in [-0.2, 0) is 0 Å². The molecule has 0 fully saturated rings. The number of anilines is 2. The van der Waals surface area contributed by atoms with Gasteiger partial charge in [-0.2, -0.15) is 0 Å². The molecule has 0 radical (unpaired) electrons. The first-order valence-electron chi connectivity index (χ1n) is 13.8. The molecule has 0 unspecified atom stereocenters. The van der Waals surface area contributed by atoms with Gasteiger partial charge in [0.25, 0.3) is 0 Å². The molecule has 0 aliphatic rings. The Kier molecular flexibility index (Phi) is 6.11. The molecule has 0 amide bonds. The molecule has 0 saturated heterocycles. The number of benzene rings is 7. The molecule has 0 heterocycles. The van der Waals surface area contributed by atoms with E-state index in [1.165, 1.54) is 60.5 Å². The Morgan fingerprint density at radius 2 is 1.02 bits per heavy atom. The summed E-state index contributed by atoms with van der Waals surface area (Å²) >= 11 is 0. The monoisotopic (exact) mass is 511 g/mol. The number of hydrogen-bond donors (Lipinski definition) is 1. The summed E-state index contributed by atoms with van der Waals surface area (Å²) in [4.78, 5) is 0. The van der Waals surface area contributed by atoms with Gasteiger partial charge >= 0.3 is 0 Å². The number of para-hydroxylation sites is 2. The molecule has 0 bridgehead atoms. The van der Waals surface area contributed by atoms with E-state index in [1.54, 1.807) is 0 Å². The van der Waals surface area contributed by atoms with Crippen molar-refractivity contribution in [1.29, 1.82) is 0 Å². The van der Waals surface area contributed by atoms with Gasteiger partial charge in [0.15, 0.2) is 0 Å². The fourth-order valence-electron chi connectivity index (χ4n) is 5.73. The average Bonchev–Trinajstić information content (AvgIpc) is 3.02. The largest absolute Gasteiger partial charge is 0.355 e. The van der Waals surface area contributed by atoms with Crippen LogP contribution in [0, 0.1) is 6.92 Å². The molecule has 7 rings (SSSR count). The Bertz CT molecular complexity index is 1970. The van der Waals surface area contributed by atoms with E-state index in [-0.39, 0.29) is 0 Å². The van der Waals surface area contributed by atoms with Gasteiger partial charge in [0.05, 0.1) is 0 Å². The quantitative estimate of drug-likeness (QED) is 0.227. The van der Waals surface area contributed by atoms with Gasteiger partial charge in [0.2, 0.25) is 0 Å². The highest BCUT2D eigenvalue weighted by Crippen LogP contribution is 2.38. The van der Waals surface area contributed by atoms with E-state index >= 15 is 0 Å². The maximum absolute atomic E-state index is 3.61. The lowest BCUT2D eigenvalue weighted by Gasteiger charge is -2.16. The Balaban J connectivity index is 1.27. The normalized spacial score (nSPS) is 11.1. The predicted octanol–water partition coefficient (Wildman–Crippen LogP) is 11.0. The molecule has 0 aliphatic carbocycles. The van der Waals surface area contributed by atoms with E-state index in [0.717, 1.165) is 11.4 Å². The van der Waals surface area contributed by atoms with Gasteiger partial charge < -0.3 is 5.32 Å². The third-order valence-corrected chi connectivity index (χ3v) is 7.80. The zero-order valence-electron chi connectivity index (χ0n) is 22.4. The number of aryl methyl sites for hydroxylation is 1. The summed E-state index contributed by atoms with van der Waals surface area (Å²) in [6, 6.07) is 54.4. The van der Waals surface area contributed by atoms with Crippen LogP contribution in [-0.4, -0.2) is 0 Å². The Labute approximate surface area is 235 Å². The maximum atomic E-state index is 3.61. The third-order valence-electron chi connectivity index (χ3n) is 7.80. The molecule has 1 N–H and O–H groups in total. The maximum Gasteiger partial charge on any atom is 0.0464 e. The first kappa shape index (κ1) is 23.9. The van der Waals surface area contributed by atoms with Gasteiger partial charge in [-0.1, -0.05) is 121 Å². The van der Waals surface area contributed by atoms with Crippen LogP contribution in [0.4, 0.5) is 11.4 Å². The summed E-state index contributed by atoms with van der Waals surface area (Å²) in [6.45, 7) is 2.19. The Morgan fingerprint density at radius 1 is 0.400 bits per heavy atom. The van der Waals surface area contributed by atoms with Crippen molar-refractivity contribution in [3.8, 4) is 33.4 Å². The van der Waals surface area contributed by atoms with E-state index in [9.17, 15) is 0 Å². The molecule has 190 valence electrons. The molecule has 7 aromatic rings. The van der Waals surface area contributed by atoms with Crippen molar-refractivity contribution in [2.45, 2.75) is 6.92 Å². The number of nitrogens with one attached hydrogen (secondary N) is 1. The fraction of sp³-hybridized carbons (Fsp3) is 0.0256. The van der Waals surface area contributed by atoms with E-state index < -0.39 is 0 Å². The Morgan fingerprint density at radius 3 is 1.85 bits per heavy atom. The van der Waals surface area contributed by atoms with Crippen molar-refractivity contribution in [2.75, 3.05) is 5.32 Å². The number of fused-ring (bicyclic) bond motifs is 3. The van der Waals surface area contributed by atoms with E-state index in [0.29, 0.717) is 0 Å². The van der Waals surface area contributed by atoms with Gasteiger partial charge in [-0.15, -0.1) is 0 Å². The second kappa shape index (κ2) is 10.2. The molecule has 0 spiro atoms. The minimum Gasteiger partial charge on any atom is -0.355 e. The molecule has 0 atom stereocenters. The molecule has 0 aromatic heterocycles. The SMILES string of the molecule is Cc1ccc(-c2ccc(-c3cc4ccccc4c4ccccc34)cc2)cc1-c1ccccc1Nc1ccccc1. The van der Waals surface area contributed by atoms with Crippen LogP contribution >= 0.6 is 0 Å². The van der Waals surface area contributed by atoms with Crippen molar-refractivity contribution >= 4 is 32.9 Å². The third kappa shape index (κ3) is 4.42. The minimum atomic E-state index is 1.08. The lowest BCUT2D eigenvalue weighted by molar-refractivity contribution is 1.44. The summed E-state index contributed by atoms with van der Waals surface area (Å²) in [7, 11) is 0. The zero-order chi connectivity index (χ0) is 26.9. The minimum absolute atomic E-state index is 1.08. The van der Waals surface area contributed by atoms with Gasteiger partial charge in [0.1, 0.15) is 0 Å². The Hall–Kier alpha value is -5.14. The summed E-state index contributed by atoms with van der Waals surface area (Å²) < 4.78 is 0. The molecule has 1 nitrogen and oxygen atoms in total. The fourth-order valence-corrected chi connectivity index (χ4v) is 5.73. The van der Waals surface area contributed by atoms with Crippen LogP contribution in [0.15, 0.2) is 152 Å². The topological polar surface area (TPSA) is 12.0 Å². The smallest absolute Gasteiger partial charge is 0.0464 e. The molecular weight excluding hydrogens is 482 g/mol. The molecule has 0 saturated carbocycles. The van der Waals surface area contributed by atoms with Crippen LogP contribution in [0.2, 0.25) is 0 Å². The van der Waals surface area contributed by atoms with Crippen LogP contribution in [0.1, 0.15) is 5.56 Å². The van der Waals surface area contributed by atoms with Crippen LogP contribution in [0.25, 0.3) is 54.9 Å². The summed E-state index contributed by atoms with van der Waals surface area (Å²) in [5, 5.41) is 8.76. The van der Waals surface area contributed by atoms with Crippen LogP contribution in [0.5, 0.6) is 0 Å². The van der Waals surface area contributed by atoms with Crippen molar-refractivity contribution in [1.82, 2.24) is 0 Å². The highest BCUT2D eigenvalue weighted by atomic mass is 14.9. The molecular formula is C39H29N. The summed E-state index contributed by atoms with van der Waals surface area (Å²) in [5.74, 6) is 0. The highest BCUT2D eigenvalue weighted by molar-refractivity contribution is 6.13. The van der Waals surface area contributed by atoms with Crippen LogP contribution in [0.3, 0.4) is 0 Å².